The van der Waals surface area contributed by atoms with Crippen LogP contribution in [0.1, 0.15) is 35.8 Å². The average molecular weight is 337 g/mol. The molecule has 1 heterocycles. The van der Waals surface area contributed by atoms with Crippen LogP contribution in [0.2, 0.25) is 0 Å². The predicted octanol–water partition coefficient (Wildman–Crippen LogP) is 5.26. The van der Waals surface area contributed by atoms with Crippen LogP contribution in [0.4, 0.5) is 16.5 Å². The molecule has 24 heavy (non-hydrogen) atoms. The first-order valence-electron chi connectivity index (χ1n) is 7.81. The summed E-state index contributed by atoms with van der Waals surface area (Å²) >= 11 is 1.41. The van der Waals surface area contributed by atoms with Crippen LogP contribution in [-0.4, -0.2) is 10.9 Å². The number of hydrogen-bond acceptors (Lipinski definition) is 4. The summed E-state index contributed by atoms with van der Waals surface area (Å²) in [5, 5.41) is 8.62. The quantitative estimate of drug-likeness (QED) is 0.667. The summed E-state index contributed by atoms with van der Waals surface area (Å²) in [4.78, 5) is 16.8. The lowest BCUT2D eigenvalue weighted by molar-refractivity contribution is 0.102. The summed E-state index contributed by atoms with van der Waals surface area (Å²) < 4.78 is 0. The SMILES string of the molecule is CC(C)c1ccccc1NC(=O)c1csc(Nc2ccccc2)n1. The van der Waals surface area contributed by atoms with Crippen molar-refractivity contribution in [3.8, 4) is 0 Å². The van der Waals surface area contributed by atoms with E-state index in [1.165, 1.54) is 11.3 Å². The molecule has 3 aromatic rings. The van der Waals surface area contributed by atoms with E-state index >= 15 is 0 Å². The smallest absolute Gasteiger partial charge is 0.275 e. The fraction of sp³-hybridized carbons (Fsp3) is 0.158. The van der Waals surface area contributed by atoms with Gasteiger partial charge in [0, 0.05) is 16.8 Å². The summed E-state index contributed by atoms with van der Waals surface area (Å²) in [6.45, 7) is 4.21. The molecule has 1 aromatic heterocycles. The van der Waals surface area contributed by atoms with Gasteiger partial charge in [0.1, 0.15) is 5.69 Å². The number of carbonyl (C=O) groups excluding carboxylic acids is 1. The standard InChI is InChI=1S/C19H19N3OS/c1-13(2)15-10-6-7-11-16(15)21-18(23)17-12-24-19(22-17)20-14-8-4-3-5-9-14/h3-13H,1-2H3,(H,20,22)(H,21,23). The van der Waals surface area contributed by atoms with Crippen LogP contribution >= 0.6 is 11.3 Å². The van der Waals surface area contributed by atoms with Gasteiger partial charge in [-0.25, -0.2) is 4.98 Å². The van der Waals surface area contributed by atoms with Gasteiger partial charge in [0.15, 0.2) is 5.13 Å². The minimum atomic E-state index is -0.194. The fourth-order valence-electron chi connectivity index (χ4n) is 2.38. The van der Waals surface area contributed by atoms with Crippen molar-refractivity contribution in [2.45, 2.75) is 19.8 Å². The molecule has 4 nitrogen and oxygen atoms in total. The third-order valence-electron chi connectivity index (χ3n) is 3.59. The molecule has 0 spiro atoms. The molecule has 0 bridgehead atoms. The van der Waals surface area contributed by atoms with Crippen molar-refractivity contribution in [2.75, 3.05) is 10.6 Å². The van der Waals surface area contributed by atoms with Crippen LogP contribution < -0.4 is 10.6 Å². The Morgan fingerprint density at radius 3 is 2.50 bits per heavy atom. The normalized spacial score (nSPS) is 10.6. The van der Waals surface area contributed by atoms with Crippen molar-refractivity contribution in [3.05, 3.63) is 71.2 Å². The molecule has 0 atom stereocenters. The third-order valence-corrected chi connectivity index (χ3v) is 4.35. The highest BCUT2D eigenvalue weighted by Crippen LogP contribution is 2.25. The van der Waals surface area contributed by atoms with Gasteiger partial charge < -0.3 is 10.6 Å². The zero-order valence-corrected chi connectivity index (χ0v) is 14.4. The first-order chi connectivity index (χ1) is 11.6. The van der Waals surface area contributed by atoms with Crippen molar-refractivity contribution in [1.29, 1.82) is 0 Å². The number of nitrogens with zero attached hydrogens (tertiary/aromatic N) is 1. The first kappa shape index (κ1) is 16.2. The number of hydrogen-bond donors (Lipinski definition) is 2. The molecule has 2 aromatic carbocycles. The molecule has 0 unspecified atom stereocenters. The van der Waals surface area contributed by atoms with E-state index in [9.17, 15) is 4.79 Å². The highest BCUT2D eigenvalue weighted by atomic mass is 32.1. The maximum Gasteiger partial charge on any atom is 0.275 e. The number of nitrogens with one attached hydrogen (secondary N) is 2. The predicted molar refractivity (Wildman–Crippen MR) is 100 cm³/mol. The topological polar surface area (TPSA) is 54.0 Å². The van der Waals surface area contributed by atoms with Gasteiger partial charge in [-0.05, 0) is 29.7 Å². The zero-order chi connectivity index (χ0) is 16.9. The number of benzene rings is 2. The Hall–Kier alpha value is -2.66. The molecule has 0 aliphatic heterocycles. The molecule has 2 N–H and O–H groups in total. The second-order valence-corrected chi connectivity index (χ2v) is 6.58. The van der Waals surface area contributed by atoms with E-state index in [4.69, 9.17) is 0 Å². The lowest BCUT2D eigenvalue weighted by Gasteiger charge is -2.12. The number of amides is 1. The summed E-state index contributed by atoms with van der Waals surface area (Å²) in [6, 6.07) is 17.6. The third kappa shape index (κ3) is 3.81. The van der Waals surface area contributed by atoms with Crippen LogP contribution in [0.15, 0.2) is 60.0 Å². The van der Waals surface area contributed by atoms with Crippen molar-refractivity contribution in [1.82, 2.24) is 4.98 Å². The van der Waals surface area contributed by atoms with Gasteiger partial charge >= 0.3 is 0 Å². The largest absolute Gasteiger partial charge is 0.332 e. The highest BCUT2D eigenvalue weighted by molar-refractivity contribution is 7.14. The minimum absolute atomic E-state index is 0.194. The number of thiazole rings is 1. The molecule has 0 saturated heterocycles. The number of anilines is 3. The Kier molecular flexibility index (Phi) is 4.91. The number of aromatic nitrogens is 1. The van der Waals surface area contributed by atoms with Crippen molar-refractivity contribution in [2.24, 2.45) is 0 Å². The van der Waals surface area contributed by atoms with Gasteiger partial charge in [-0.1, -0.05) is 50.2 Å². The summed E-state index contributed by atoms with van der Waals surface area (Å²) in [5.41, 5.74) is 3.31. The van der Waals surface area contributed by atoms with Gasteiger partial charge in [0.25, 0.3) is 5.91 Å². The van der Waals surface area contributed by atoms with Crippen molar-refractivity contribution in [3.63, 3.8) is 0 Å². The summed E-state index contributed by atoms with van der Waals surface area (Å²) in [5.74, 6) is 0.146. The number of para-hydroxylation sites is 2. The van der Waals surface area contributed by atoms with E-state index in [-0.39, 0.29) is 5.91 Å². The van der Waals surface area contributed by atoms with Gasteiger partial charge in [-0.15, -0.1) is 11.3 Å². The molecule has 122 valence electrons. The maximum atomic E-state index is 12.5. The molecule has 0 radical (unpaired) electrons. The van der Waals surface area contributed by atoms with Crippen LogP contribution in [0, 0.1) is 0 Å². The van der Waals surface area contributed by atoms with E-state index < -0.39 is 0 Å². The van der Waals surface area contributed by atoms with E-state index in [0.717, 1.165) is 16.9 Å². The van der Waals surface area contributed by atoms with Gasteiger partial charge in [0.2, 0.25) is 0 Å². The summed E-state index contributed by atoms with van der Waals surface area (Å²) in [7, 11) is 0. The van der Waals surface area contributed by atoms with Gasteiger partial charge in [0.05, 0.1) is 0 Å². The Morgan fingerprint density at radius 2 is 1.75 bits per heavy atom. The first-order valence-corrected chi connectivity index (χ1v) is 8.69. The van der Waals surface area contributed by atoms with E-state index in [1.54, 1.807) is 5.38 Å². The Labute approximate surface area is 145 Å². The van der Waals surface area contributed by atoms with Gasteiger partial charge in [-0.2, -0.15) is 0 Å². The minimum Gasteiger partial charge on any atom is -0.332 e. The Bertz CT molecular complexity index is 827. The molecule has 0 saturated carbocycles. The maximum absolute atomic E-state index is 12.5. The molecule has 0 aliphatic carbocycles. The molecule has 3 rings (SSSR count). The van der Waals surface area contributed by atoms with Crippen molar-refractivity contribution >= 4 is 33.8 Å². The van der Waals surface area contributed by atoms with E-state index in [1.807, 2.05) is 54.6 Å². The molecule has 5 heteroatoms. The molecular formula is C19H19N3OS. The fourth-order valence-corrected chi connectivity index (χ4v) is 3.09. The zero-order valence-electron chi connectivity index (χ0n) is 13.6. The molecule has 0 aliphatic rings. The number of carbonyl (C=O) groups is 1. The molecule has 0 fully saturated rings. The van der Waals surface area contributed by atoms with Crippen LogP contribution in [-0.2, 0) is 0 Å². The summed E-state index contributed by atoms with van der Waals surface area (Å²) in [6.07, 6.45) is 0. The van der Waals surface area contributed by atoms with E-state index in [2.05, 4.69) is 29.5 Å². The highest BCUT2D eigenvalue weighted by Gasteiger charge is 2.14. The number of rotatable bonds is 5. The van der Waals surface area contributed by atoms with Gasteiger partial charge in [-0.3, -0.25) is 4.79 Å². The van der Waals surface area contributed by atoms with Crippen molar-refractivity contribution < 1.29 is 4.79 Å². The molecule has 1 amide bonds. The lowest BCUT2D eigenvalue weighted by Crippen LogP contribution is -2.14. The average Bonchev–Trinajstić information content (AvgIpc) is 3.05. The Balaban J connectivity index is 1.73. The molecular weight excluding hydrogens is 318 g/mol. The second-order valence-electron chi connectivity index (χ2n) is 5.72. The van der Waals surface area contributed by atoms with Crippen LogP contribution in [0.3, 0.4) is 0 Å². The Morgan fingerprint density at radius 1 is 1.04 bits per heavy atom. The second kappa shape index (κ2) is 7.27. The monoisotopic (exact) mass is 337 g/mol. The lowest BCUT2D eigenvalue weighted by atomic mass is 10.0. The van der Waals surface area contributed by atoms with E-state index in [0.29, 0.717) is 16.7 Å². The van der Waals surface area contributed by atoms with Crippen LogP contribution in [0.25, 0.3) is 0 Å². The van der Waals surface area contributed by atoms with Crippen LogP contribution in [0.5, 0.6) is 0 Å².